The number of anilines is 1. The molecule has 1 unspecified atom stereocenters. The van der Waals surface area contributed by atoms with E-state index < -0.39 is 12.1 Å². The van der Waals surface area contributed by atoms with Crippen molar-refractivity contribution in [2.45, 2.75) is 19.9 Å². The molecule has 0 aliphatic heterocycles. The van der Waals surface area contributed by atoms with Gasteiger partial charge in [0.25, 0.3) is 0 Å². The maximum atomic E-state index is 11.7. The van der Waals surface area contributed by atoms with Gasteiger partial charge in [0, 0.05) is 25.3 Å². The highest BCUT2D eigenvalue weighted by atomic mass is 16.2. The van der Waals surface area contributed by atoms with E-state index in [1.165, 1.54) is 11.8 Å². The lowest BCUT2D eigenvalue weighted by atomic mass is 10.1. The molecule has 0 spiro atoms. The molecule has 6 nitrogen and oxygen atoms in total. The van der Waals surface area contributed by atoms with Gasteiger partial charge in [-0.05, 0) is 38.1 Å². The Bertz CT molecular complexity index is 509. The van der Waals surface area contributed by atoms with Crippen molar-refractivity contribution in [1.29, 1.82) is 0 Å². The van der Waals surface area contributed by atoms with E-state index in [1.807, 2.05) is 0 Å². The normalized spacial score (nSPS) is 11.4. The van der Waals surface area contributed by atoms with E-state index in [2.05, 4.69) is 10.6 Å². The molecule has 0 heterocycles. The molecule has 0 bridgehead atoms. The van der Waals surface area contributed by atoms with Crippen LogP contribution in [0.5, 0.6) is 0 Å². The summed E-state index contributed by atoms with van der Waals surface area (Å²) in [5, 5.41) is 5.14. The fourth-order valence-electron chi connectivity index (χ4n) is 1.60. The second-order valence-electron chi connectivity index (χ2n) is 4.69. The summed E-state index contributed by atoms with van der Waals surface area (Å²) in [5.74, 6) is -0.224. The highest BCUT2D eigenvalue weighted by molar-refractivity contribution is 5.96. The summed E-state index contributed by atoms with van der Waals surface area (Å²) >= 11 is 0. The van der Waals surface area contributed by atoms with Crippen molar-refractivity contribution in [2.75, 3.05) is 19.4 Å². The number of hydrogen-bond donors (Lipinski definition) is 2. The van der Waals surface area contributed by atoms with Crippen LogP contribution in [0.25, 0.3) is 0 Å². The number of hydrogen-bond acceptors (Lipinski definition) is 3. The Morgan fingerprint density at radius 2 is 1.65 bits per heavy atom. The summed E-state index contributed by atoms with van der Waals surface area (Å²) in [7, 11) is 3.25. The molecule has 20 heavy (non-hydrogen) atoms. The molecule has 1 atom stereocenters. The molecular weight excluding hydrogens is 258 g/mol. The van der Waals surface area contributed by atoms with E-state index in [9.17, 15) is 14.4 Å². The second kappa shape index (κ2) is 6.70. The Hall–Kier alpha value is -2.37. The molecule has 0 aliphatic rings. The molecule has 6 heteroatoms. The molecule has 0 fully saturated rings. The molecule has 1 aromatic rings. The molecule has 0 radical (unpaired) electrons. The predicted molar refractivity (Wildman–Crippen MR) is 76.8 cm³/mol. The van der Waals surface area contributed by atoms with Gasteiger partial charge in [-0.25, -0.2) is 4.79 Å². The number of Topliss-reactive ketones (excluding diaryl/α,β-unsaturated/α-hetero) is 1. The summed E-state index contributed by atoms with van der Waals surface area (Å²) in [6.45, 7) is 3.09. The summed E-state index contributed by atoms with van der Waals surface area (Å²) in [6, 6.07) is 5.45. The molecule has 3 amide bonds. The van der Waals surface area contributed by atoms with Crippen LogP contribution in [0.2, 0.25) is 0 Å². The largest absolute Gasteiger partial charge is 0.347 e. The highest BCUT2D eigenvalue weighted by Gasteiger charge is 2.16. The van der Waals surface area contributed by atoms with E-state index in [4.69, 9.17) is 0 Å². The maximum absolute atomic E-state index is 11.7. The van der Waals surface area contributed by atoms with Gasteiger partial charge in [-0.3, -0.25) is 9.59 Å². The first kappa shape index (κ1) is 15.7. The minimum Gasteiger partial charge on any atom is -0.347 e. The van der Waals surface area contributed by atoms with Gasteiger partial charge in [-0.15, -0.1) is 0 Å². The molecule has 0 aromatic heterocycles. The minimum absolute atomic E-state index is 0.0359. The Labute approximate surface area is 118 Å². The number of likely N-dealkylation sites (N-methyl/N-ethyl adjacent to an activating group) is 1. The predicted octanol–water partition coefficient (Wildman–Crippen LogP) is 1.49. The molecule has 0 saturated heterocycles. The monoisotopic (exact) mass is 277 g/mol. The quantitative estimate of drug-likeness (QED) is 0.818. The van der Waals surface area contributed by atoms with Crippen molar-refractivity contribution in [3.8, 4) is 0 Å². The number of carbonyl (C=O) groups is 3. The molecule has 0 saturated carbocycles. The smallest absolute Gasteiger partial charge is 0.319 e. The fourth-order valence-corrected chi connectivity index (χ4v) is 1.60. The van der Waals surface area contributed by atoms with E-state index in [1.54, 1.807) is 45.3 Å². The first-order valence-electron chi connectivity index (χ1n) is 6.21. The van der Waals surface area contributed by atoms with Gasteiger partial charge >= 0.3 is 6.03 Å². The first-order chi connectivity index (χ1) is 9.31. The standard InChI is InChI=1S/C14H19N3O3/c1-9(13(19)17(3)4)15-14(20)16-12-7-5-11(6-8-12)10(2)18/h5-9H,1-4H3,(H2,15,16,20). The van der Waals surface area contributed by atoms with Crippen LogP contribution in [0.3, 0.4) is 0 Å². The number of nitrogens with one attached hydrogen (secondary N) is 2. The zero-order valence-electron chi connectivity index (χ0n) is 12.1. The Balaban J connectivity index is 2.58. The topological polar surface area (TPSA) is 78.5 Å². The van der Waals surface area contributed by atoms with Gasteiger partial charge in [0.15, 0.2) is 5.78 Å². The molecule has 108 valence electrons. The van der Waals surface area contributed by atoms with Crippen LogP contribution in [0, 0.1) is 0 Å². The van der Waals surface area contributed by atoms with E-state index >= 15 is 0 Å². The van der Waals surface area contributed by atoms with Crippen LogP contribution in [0.15, 0.2) is 24.3 Å². The Morgan fingerprint density at radius 3 is 2.10 bits per heavy atom. The van der Waals surface area contributed by atoms with Crippen molar-refractivity contribution in [3.63, 3.8) is 0 Å². The zero-order valence-corrected chi connectivity index (χ0v) is 12.1. The lowest BCUT2D eigenvalue weighted by Gasteiger charge is -2.18. The number of rotatable bonds is 4. The highest BCUT2D eigenvalue weighted by Crippen LogP contribution is 2.09. The number of amides is 3. The Morgan fingerprint density at radius 1 is 1.10 bits per heavy atom. The van der Waals surface area contributed by atoms with E-state index in [0.29, 0.717) is 11.3 Å². The van der Waals surface area contributed by atoms with Crippen molar-refractivity contribution < 1.29 is 14.4 Å². The van der Waals surface area contributed by atoms with Gasteiger partial charge in [-0.1, -0.05) is 0 Å². The number of carbonyl (C=O) groups excluding carboxylic acids is 3. The molecule has 2 N–H and O–H groups in total. The van der Waals surface area contributed by atoms with E-state index in [0.717, 1.165) is 0 Å². The average molecular weight is 277 g/mol. The third-order valence-electron chi connectivity index (χ3n) is 2.71. The number of urea groups is 1. The van der Waals surface area contributed by atoms with Crippen molar-refractivity contribution in [2.24, 2.45) is 0 Å². The van der Waals surface area contributed by atoms with E-state index in [-0.39, 0.29) is 11.7 Å². The second-order valence-corrected chi connectivity index (χ2v) is 4.69. The third kappa shape index (κ3) is 4.38. The average Bonchev–Trinajstić information content (AvgIpc) is 2.37. The lowest BCUT2D eigenvalue weighted by molar-refractivity contribution is -0.130. The van der Waals surface area contributed by atoms with Gasteiger partial charge in [0.05, 0.1) is 0 Å². The molecule has 1 rings (SSSR count). The van der Waals surface area contributed by atoms with Crippen LogP contribution < -0.4 is 10.6 Å². The fraction of sp³-hybridized carbons (Fsp3) is 0.357. The van der Waals surface area contributed by atoms with Gasteiger partial charge in [0.1, 0.15) is 6.04 Å². The Kier molecular flexibility index (Phi) is 5.25. The molecular formula is C14H19N3O3. The first-order valence-corrected chi connectivity index (χ1v) is 6.21. The number of nitrogens with zero attached hydrogens (tertiary/aromatic N) is 1. The van der Waals surface area contributed by atoms with Crippen molar-refractivity contribution >= 4 is 23.4 Å². The summed E-state index contributed by atoms with van der Waals surface area (Å²) in [4.78, 5) is 35.8. The van der Waals surface area contributed by atoms with Crippen LogP contribution in [-0.4, -0.2) is 42.8 Å². The zero-order chi connectivity index (χ0) is 15.3. The van der Waals surface area contributed by atoms with Gasteiger partial charge < -0.3 is 15.5 Å². The van der Waals surface area contributed by atoms with Crippen LogP contribution >= 0.6 is 0 Å². The van der Waals surface area contributed by atoms with Crippen molar-refractivity contribution in [3.05, 3.63) is 29.8 Å². The number of benzene rings is 1. The molecule has 1 aromatic carbocycles. The number of ketones is 1. The maximum Gasteiger partial charge on any atom is 0.319 e. The van der Waals surface area contributed by atoms with Crippen LogP contribution in [-0.2, 0) is 4.79 Å². The van der Waals surface area contributed by atoms with Gasteiger partial charge in [0.2, 0.25) is 5.91 Å². The summed E-state index contributed by atoms with van der Waals surface area (Å²) in [6.07, 6.45) is 0. The van der Waals surface area contributed by atoms with Gasteiger partial charge in [-0.2, -0.15) is 0 Å². The third-order valence-corrected chi connectivity index (χ3v) is 2.71. The van der Waals surface area contributed by atoms with Crippen LogP contribution in [0.1, 0.15) is 24.2 Å². The summed E-state index contributed by atoms with van der Waals surface area (Å²) < 4.78 is 0. The SMILES string of the molecule is CC(=O)c1ccc(NC(=O)NC(C)C(=O)N(C)C)cc1. The van der Waals surface area contributed by atoms with Crippen LogP contribution in [0.4, 0.5) is 10.5 Å². The lowest BCUT2D eigenvalue weighted by Crippen LogP contribution is -2.45. The molecule has 0 aliphatic carbocycles. The minimum atomic E-state index is -0.610. The van der Waals surface area contributed by atoms with Crippen molar-refractivity contribution in [1.82, 2.24) is 10.2 Å². The summed E-state index contributed by atoms with van der Waals surface area (Å²) in [5.41, 5.74) is 1.13.